The van der Waals surface area contributed by atoms with Crippen molar-refractivity contribution in [3.05, 3.63) is 71.9 Å². The molecule has 2 aromatic carbocycles. The first-order valence-electron chi connectivity index (χ1n) is 12.0. The summed E-state index contributed by atoms with van der Waals surface area (Å²) in [7, 11) is 0. The average molecular weight is 489 g/mol. The summed E-state index contributed by atoms with van der Waals surface area (Å²) in [5.74, 6) is -1.05. The van der Waals surface area contributed by atoms with Crippen molar-refractivity contribution in [1.82, 2.24) is 30.5 Å². The van der Waals surface area contributed by atoms with E-state index in [0.717, 1.165) is 15.9 Å². The SMILES string of the molecule is CCC1(c2ccccc2)NC(=O)N(NC(=O)CN2CCN(C(=O)c3cc4ccccc4[nH]3)CC2)C1=O. The van der Waals surface area contributed by atoms with Gasteiger partial charge in [-0.05, 0) is 24.1 Å². The molecule has 0 saturated carbocycles. The quantitative estimate of drug-likeness (QED) is 0.458. The lowest BCUT2D eigenvalue weighted by molar-refractivity contribution is -0.140. The molecule has 5 amide bonds. The van der Waals surface area contributed by atoms with E-state index in [2.05, 4.69) is 15.7 Å². The first-order chi connectivity index (χ1) is 17.4. The van der Waals surface area contributed by atoms with E-state index in [-0.39, 0.29) is 12.5 Å². The third-order valence-corrected chi connectivity index (χ3v) is 6.91. The molecule has 3 aromatic rings. The molecule has 2 aliphatic rings. The Morgan fingerprint density at radius 2 is 1.67 bits per heavy atom. The van der Waals surface area contributed by atoms with Gasteiger partial charge in [0, 0.05) is 37.1 Å². The average Bonchev–Trinajstić information content (AvgIpc) is 3.44. The van der Waals surface area contributed by atoms with Crippen LogP contribution in [0.3, 0.4) is 0 Å². The molecule has 1 aromatic heterocycles. The van der Waals surface area contributed by atoms with Gasteiger partial charge in [-0.25, -0.2) is 4.79 Å². The third kappa shape index (κ3) is 4.20. The number of rotatable bonds is 6. The number of benzene rings is 2. The molecular weight excluding hydrogens is 460 g/mol. The number of amides is 5. The zero-order chi connectivity index (χ0) is 25.3. The molecular formula is C26H28N6O4. The second kappa shape index (κ2) is 9.46. The fraction of sp³-hybridized carbons (Fsp3) is 0.308. The molecule has 1 atom stereocenters. The van der Waals surface area contributed by atoms with Gasteiger partial charge in [0.1, 0.15) is 11.2 Å². The van der Waals surface area contributed by atoms with Crippen molar-refractivity contribution in [3.8, 4) is 0 Å². The van der Waals surface area contributed by atoms with Crippen molar-refractivity contribution in [3.63, 3.8) is 0 Å². The fourth-order valence-corrected chi connectivity index (χ4v) is 4.87. The number of para-hydroxylation sites is 1. The maximum atomic E-state index is 13.2. The van der Waals surface area contributed by atoms with Gasteiger partial charge in [-0.2, -0.15) is 5.01 Å². The summed E-state index contributed by atoms with van der Waals surface area (Å²) in [6.45, 7) is 3.77. The summed E-state index contributed by atoms with van der Waals surface area (Å²) in [5.41, 5.74) is 3.38. The second-order valence-corrected chi connectivity index (χ2v) is 9.07. The zero-order valence-corrected chi connectivity index (χ0v) is 20.0. The van der Waals surface area contributed by atoms with Crippen molar-refractivity contribution in [1.29, 1.82) is 0 Å². The first kappa shape index (κ1) is 23.6. The highest BCUT2D eigenvalue weighted by Gasteiger charge is 2.52. The van der Waals surface area contributed by atoms with Gasteiger partial charge in [-0.1, -0.05) is 55.5 Å². The first-order valence-corrected chi connectivity index (χ1v) is 12.0. The van der Waals surface area contributed by atoms with E-state index in [0.29, 0.717) is 43.9 Å². The maximum Gasteiger partial charge on any atom is 0.344 e. The molecule has 2 saturated heterocycles. The number of hydrogen-bond acceptors (Lipinski definition) is 5. The van der Waals surface area contributed by atoms with Gasteiger partial charge in [0.25, 0.3) is 17.7 Å². The van der Waals surface area contributed by atoms with Crippen LogP contribution in [0.1, 0.15) is 29.4 Å². The number of hydrogen-bond donors (Lipinski definition) is 3. The van der Waals surface area contributed by atoms with Crippen LogP contribution in [-0.4, -0.2) is 76.3 Å². The number of hydrazine groups is 1. The van der Waals surface area contributed by atoms with Crippen LogP contribution in [0.5, 0.6) is 0 Å². The Morgan fingerprint density at radius 3 is 2.36 bits per heavy atom. The summed E-state index contributed by atoms with van der Waals surface area (Å²) in [5, 5.41) is 4.50. The van der Waals surface area contributed by atoms with E-state index in [4.69, 9.17) is 0 Å². The number of carbonyl (C=O) groups excluding carboxylic acids is 4. The molecule has 10 heteroatoms. The molecule has 0 aliphatic carbocycles. The van der Waals surface area contributed by atoms with Crippen molar-refractivity contribution >= 4 is 34.7 Å². The van der Waals surface area contributed by atoms with Crippen molar-refractivity contribution in [2.75, 3.05) is 32.7 Å². The van der Waals surface area contributed by atoms with Crippen molar-refractivity contribution < 1.29 is 19.2 Å². The molecule has 36 heavy (non-hydrogen) atoms. The van der Waals surface area contributed by atoms with E-state index in [9.17, 15) is 19.2 Å². The zero-order valence-electron chi connectivity index (χ0n) is 20.0. The summed E-state index contributed by atoms with van der Waals surface area (Å²) in [6.07, 6.45) is 0.348. The molecule has 5 rings (SSSR count). The Labute approximate surface area is 208 Å². The Morgan fingerprint density at radius 1 is 0.972 bits per heavy atom. The molecule has 10 nitrogen and oxygen atoms in total. The maximum absolute atomic E-state index is 13.2. The molecule has 2 aliphatic heterocycles. The number of fused-ring (bicyclic) bond motifs is 1. The number of carbonyl (C=O) groups is 4. The minimum absolute atomic E-state index is 0.00986. The number of urea groups is 1. The number of imide groups is 1. The van der Waals surface area contributed by atoms with Gasteiger partial charge < -0.3 is 15.2 Å². The molecule has 2 fully saturated rings. The molecule has 3 N–H and O–H groups in total. The highest BCUT2D eigenvalue weighted by molar-refractivity contribution is 6.08. The highest BCUT2D eigenvalue weighted by Crippen LogP contribution is 2.31. The molecule has 1 unspecified atom stereocenters. The topological polar surface area (TPSA) is 118 Å². The van der Waals surface area contributed by atoms with E-state index >= 15 is 0 Å². The van der Waals surface area contributed by atoms with Crippen LogP contribution < -0.4 is 10.7 Å². The Kier molecular flexibility index (Phi) is 6.19. The Bertz CT molecular complexity index is 1280. The van der Waals surface area contributed by atoms with E-state index < -0.39 is 23.4 Å². The van der Waals surface area contributed by atoms with Crippen molar-refractivity contribution in [2.24, 2.45) is 0 Å². The lowest BCUT2D eigenvalue weighted by atomic mass is 9.87. The van der Waals surface area contributed by atoms with Gasteiger partial charge in [-0.15, -0.1) is 0 Å². The highest BCUT2D eigenvalue weighted by atomic mass is 16.2. The van der Waals surface area contributed by atoms with E-state index in [1.807, 2.05) is 48.2 Å². The van der Waals surface area contributed by atoms with Crippen LogP contribution in [0, 0.1) is 0 Å². The monoisotopic (exact) mass is 488 g/mol. The predicted molar refractivity (Wildman–Crippen MR) is 133 cm³/mol. The Hall–Kier alpha value is -4.18. The van der Waals surface area contributed by atoms with Crippen LogP contribution in [0.15, 0.2) is 60.7 Å². The number of piperazine rings is 1. The van der Waals surface area contributed by atoms with Crippen LogP contribution in [0.2, 0.25) is 0 Å². The Balaban J connectivity index is 1.16. The normalized spacial score (nSPS) is 20.6. The predicted octanol–water partition coefficient (Wildman–Crippen LogP) is 1.81. The largest absolute Gasteiger partial charge is 0.351 e. The van der Waals surface area contributed by atoms with Crippen LogP contribution in [-0.2, 0) is 15.1 Å². The summed E-state index contributed by atoms with van der Waals surface area (Å²) >= 11 is 0. The lowest BCUT2D eigenvalue weighted by Crippen LogP contribution is -2.54. The number of H-pyrrole nitrogens is 1. The van der Waals surface area contributed by atoms with Crippen LogP contribution >= 0.6 is 0 Å². The fourth-order valence-electron chi connectivity index (χ4n) is 4.87. The van der Waals surface area contributed by atoms with E-state index in [1.54, 1.807) is 29.2 Å². The third-order valence-electron chi connectivity index (χ3n) is 6.91. The minimum Gasteiger partial charge on any atom is -0.351 e. The molecule has 186 valence electrons. The summed E-state index contributed by atoms with van der Waals surface area (Å²) < 4.78 is 0. The molecule has 0 bridgehead atoms. The number of nitrogens with zero attached hydrogens (tertiary/aromatic N) is 3. The summed E-state index contributed by atoms with van der Waals surface area (Å²) in [4.78, 5) is 58.2. The van der Waals surface area contributed by atoms with Gasteiger partial charge in [0.15, 0.2) is 0 Å². The van der Waals surface area contributed by atoms with Gasteiger partial charge in [0.05, 0.1) is 6.54 Å². The van der Waals surface area contributed by atoms with Gasteiger partial charge in [-0.3, -0.25) is 24.7 Å². The molecule has 0 spiro atoms. The second-order valence-electron chi connectivity index (χ2n) is 9.07. The van der Waals surface area contributed by atoms with Gasteiger partial charge in [0.2, 0.25) is 0 Å². The molecule has 0 radical (unpaired) electrons. The van der Waals surface area contributed by atoms with Crippen LogP contribution in [0.4, 0.5) is 4.79 Å². The number of aromatic nitrogens is 1. The molecule has 3 heterocycles. The standard InChI is InChI=1S/C26H28N6O4/c1-2-26(19-9-4-3-5-10-19)24(35)32(25(36)28-26)29-22(33)17-30-12-14-31(15-13-30)23(34)21-16-18-8-6-7-11-20(18)27-21/h3-11,16,27H,2,12-15,17H2,1H3,(H,28,36)(H,29,33). The smallest absolute Gasteiger partial charge is 0.344 e. The number of nitrogens with one attached hydrogen (secondary N) is 3. The number of aromatic amines is 1. The van der Waals surface area contributed by atoms with E-state index in [1.165, 1.54) is 0 Å². The van der Waals surface area contributed by atoms with Crippen LogP contribution in [0.25, 0.3) is 10.9 Å². The van der Waals surface area contributed by atoms with Crippen molar-refractivity contribution in [2.45, 2.75) is 18.9 Å². The minimum atomic E-state index is -1.21. The lowest BCUT2D eigenvalue weighted by Gasteiger charge is -2.34. The summed E-state index contributed by atoms with van der Waals surface area (Å²) in [6, 6.07) is 17.9. The van der Waals surface area contributed by atoms with Gasteiger partial charge >= 0.3 is 6.03 Å².